The standard InChI is InChI=1S/C17H36N4O2.HI/c1-16(2,3)10-8-11-19-14(18-7)20-12-9-13-21-15(22)23-17(4,5)6;/h8-13H2,1-7H3,(H,21,22)(H2,18,19,20);1H. The molecule has 6 nitrogen and oxygen atoms in total. The fourth-order valence-electron chi connectivity index (χ4n) is 1.85. The van der Waals surface area contributed by atoms with Crippen LogP contribution in [0.25, 0.3) is 0 Å². The van der Waals surface area contributed by atoms with Gasteiger partial charge in [0.2, 0.25) is 0 Å². The van der Waals surface area contributed by atoms with Gasteiger partial charge < -0.3 is 20.7 Å². The smallest absolute Gasteiger partial charge is 0.407 e. The van der Waals surface area contributed by atoms with Crippen LogP contribution in [0.2, 0.25) is 0 Å². The molecule has 0 spiro atoms. The lowest BCUT2D eigenvalue weighted by Gasteiger charge is -2.20. The molecule has 3 N–H and O–H groups in total. The fraction of sp³-hybridized carbons (Fsp3) is 0.882. The Morgan fingerprint density at radius 3 is 1.88 bits per heavy atom. The maximum absolute atomic E-state index is 11.5. The molecule has 0 aromatic heterocycles. The minimum atomic E-state index is -0.457. The van der Waals surface area contributed by atoms with Gasteiger partial charge in [0.1, 0.15) is 5.60 Å². The van der Waals surface area contributed by atoms with Crippen molar-refractivity contribution in [3.63, 3.8) is 0 Å². The Hall–Kier alpha value is -0.730. The zero-order valence-electron chi connectivity index (χ0n) is 16.4. The first kappa shape index (κ1) is 25.5. The minimum absolute atomic E-state index is 0. The molecule has 0 bridgehead atoms. The van der Waals surface area contributed by atoms with Crippen molar-refractivity contribution in [2.45, 2.75) is 66.4 Å². The molecule has 144 valence electrons. The lowest BCUT2D eigenvalue weighted by molar-refractivity contribution is 0.0527. The van der Waals surface area contributed by atoms with E-state index in [9.17, 15) is 4.79 Å². The van der Waals surface area contributed by atoms with Crippen LogP contribution in [0.4, 0.5) is 4.79 Å². The van der Waals surface area contributed by atoms with Crippen molar-refractivity contribution >= 4 is 36.0 Å². The summed E-state index contributed by atoms with van der Waals surface area (Å²) in [5.41, 5.74) is -0.0900. The Morgan fingerprint density at radius 1 is 0.917 bits per heavy atom. The first-order valence-electron chi connectivity index (χ1n) is 8.45. The Kier molecular flexibility index (Phi) is 13.4. The Balaban J connectivity index is 0. The maximum atomic E-state index is 11.5. The topological polar surface area (TPSA) is 74.8 Å². The van der Waals surface area contributed by atoms with Gasteiger partial charge in [-0.1, -0.05) is 20.8 Å². The highest BCUT2D eigenvalue weighted by Gasteiger charge is 2.15. The number of guanidine groups is 1. The number of hydrogen-bond donors (Lipinski definition) is 3. The van der Waals surface area contributed by atoms with Gasteiger partial charge in [-0.05, 0) is 45.4 Å². The zero-order valence-corrected chi connectivity index (χ0v) is 18.7. The largest absolute Gasteiger partial charge is 0.444 e. The van der Waals surface area contributed by atoms with E-state index in [1.54, 1.807) is 7.05 Å². The third-order valence-corrected chi connectivity index (χ3v) is 2.93. The van der Waals surface area contributed by atoms with Crippen molar-refractivity contribution in [1.82, 2.24) is 16.0 Å². The number of halogens is 1. The van der Waals surface area contributed by atoms with Crippen LogP contribution >= 0.6 is 24.0 Å². The molecule has 0 atom stereocenters. The van der Waals surface area contributed by atoms with Crippen molar-refractivity contribution in [2.24, 2.45) is 10.4 Å². The maximum Gasteiger partial charge on any atom is 0.407 e. The van der Waals surface area contributed by atoms with Crippen LogP contribution in [0.1, 0.15) is 60.8 Å². The Morgan fingerprint density at radius 2 is 1.42 bits per heavy atom. The van der Waals surface area contributed by atoms with Crippen molar-refractivity contribution < 1.29 is 9.53 Å². The number of carbonyl (C=O) groups is 1. The van der Waals surface area contributed by atoms with E-state index in [-0.39, 0.29) is 30.1 Å². The quantitative estimate of drug-likeness (QED) is 0.237. The summed E-state index contributed by atoms with van der Waals surface area (Å²) in [6.45, 7) is 14.5. The molecule has 0 fully saturated rings. The predicted molar refractivity (Wildman–Crippen MR) is 112 cm³/mol. The summed E-state index contributed by atoms with van der Waals surface area (Å²) in [7, 11) is 1.76. The molecule has 24 heavy (non-hydrogen) atoms. The molecular formula is C17H37IN4O2. The monoisotopic (exact) mass is 456 g/mol. The average molecular weight is 456 g/mol. The molecule has 0 rings (SSSR count). The highest BCUT2D eigenvalue weighted by Crippen LogP contribution is 2.19. The third-order valence-electron chi connectivity index (χ3n) is 2.93. The van der Waals surface area contributed by atoms with Crippen LogP contribution < -0.4 is 16.0 Å². The number of amides is 1. The number of nitrogens with one attached hydrogen (secondary N) is 3. The first-order chi connectivity index (χ1) is 10.5. The van der Waals surface area contributed by atoms with Crippen LogP contribution in [-0.2, 0) is 4.74 Å². The average Bonchev–Trinajstić information content (AvgIpc) is 2.37. The van der Waals surface area contributed by atoms with Crippen molar-refractivity contribution in [1.29, 1.82) is 0 Å². The van der Waals surface area contributed by atoms with Gasteiger partial charge in [-0.3, -0.25) is 4.99 Å². The minimum Gasteiger partial charge on any atom is -0.444 e. The lowest BCUT2D eigenvalue weighted by atomic mass is 9.91. The summed E-state index contributed by atoms with van der Waals surface area (Å²) in [4.78, 5) is 15.7. The summed E-state index contributed by atoms with van der Waals surface area (Å²) in [6.07, 6.45) is 2.73. The normalized spacial score (nSPS) is 12.2. The van der Waals surface area contributed by atoms with Crippen LogP contribution in [0.3, 0.4) is 0 Å². The molecule has 0 aliphatic carbocycles. The number of ether oxygens (including phenoxy) is 1. The molecule has 0 aliphatic heterocycles. The van der Waals surface area contributed by atoms with Crippen LogP contribution in [0, 0.1) is 5.41 Å². The molecular weight excluding hydrogens is 419 g/mol. The van der Waals surface area contributed by atoms with E-state index in [0.29, 0.717) is 12.0 Å². The number of hydrogen-bond acceptors (Lipinski definition) is 3. The summed E-state index contributed by atoms with van der Waals surface area (Å²) < 4.78 is 5.17. The summed E-state index contributed by atoms with van der Waals surface area (Å²) >= 11 is 0. The number of carbonyl (C=O) groups excluding carboxylic acids is 1. The number of rotatable bonds is 7. The number of alkyl carbamates (subject to hydrolysis) is 1. The molecule has 0 aromatic rings. The van der Waals surface area contributed by atoms with E-state index in [0.717, 1.165) is 31.9 Å². The zero-order chi connectivity index (χ0) is 17.9. The Bertz CT molecular complexity index is 374. The molecule has 0 saturated heterocycles. The molecule has 0 aromatic carbocycles. The Labute approximate surface area is 165 Å². The molecule has 0 unspecified atom stereocenters. The number of nitrogens with zero attached hydrogens (tertiary/aromatic N) is 1. The molecule has 7 heteroatoms. The molecule has 1 amide bonds. The van der Waals surface area contributed by atoms with E-state index < -0.39 is 5.60 Å². The summed E-state index contributed by atoms with van der Waals surface area (Å²) in [6, 6.07) is 0. The predicted octanol–water partition coefficient (Wildman–Crippen LogP) is 3.51. The van der Waals surface area contributed by atoms with Crippen molar-refractivity contribution in [2.75, 3.05) is 26.7 Å². The highest BCUT2D eigenvalue weighted by atomic mass is 127. The molecule has 0 aliphatic rings. The van der Waals surface area contributed by atoms with Crippen LogP contribution in [0.5, 0.6) is 0 Å². The molecule has 0 saturated carbocycles. The van der Waals surface area contributed by atoms with Crippen LogP contribution in [0.15, 0.2) is 4.99 Å². The highest BCUT2D eigenvalue weighted by molar-refractivity contribution is 14.0. The van der Waals surface area contributed by atoms with Gasteiger partial charge in [-0.15, -0.1) is 24.0 Å². The van der Waals surface area contributed by atoms with Gasteiger partial charge in [0.05, 0.1) is 0 Å². The second-order valence-corrected chi connectivity index (χ2v) is 7.87. The van der Waals surface area contributed by atoms with Crippen LogP contribution in [-0.4, -0.2) is 44.3 Å². The van der Waals surface area contributed by atoms with Gasteiger partial charge in [-0.2, -0.15) is 0 Å². The lowest BCUT2D eigenvalue weighted by Crippen LogP contribution is -2.39. The van der Waals surface area contributed by atoms with E-state index in [2.05, 4.69) is 41.7 Å². The van der Waals surface area contributed by atoms with Crippen molar-refractivity contribution in [3.05, 3.63) is 0 Å². The third kappa shape index (κ3) is 17.6. The first-order valence-corrected chi connectivity index (χ1v) is 8.45. The second-order valence-electron chi connectivity index (χ2n) is 7.87. The van der Waals surface area contributed by atoms with Gasteiger partial charge in [0.25, 0.3) is 0 Å². The van der Waals surface area contributed by atoms with E-state index >= 15 is 0 Å². The fourth-order valence-corrected chi connectivity index (χ4v) is 1.85. The van der Waals surface area contributed by atoms with E-state index in [1.165, 1.54) is 6.42 Å². The molecule has 0 radical (unpaired) electrons. The summed E-state index contributed by atoms with van der Waals surface area (Å²) in [5, 5.41) is 9.27. The van der Waals surface area contributed by atoms with Gasteiger partial charge >= 0.3 is 6.09 Å². The number of aliphatic imine (C=N–C) groups is 1. The SMILES string of the molecule is CN=C(NCCCNC(=O)OC(C)(C)C)NCCCC(C)(C)C.I. The van der Waals surface area contributed by atoms with E-state index in [1.807, 2.05) is 20.8 Å². The van der Waals surface area contributed by atoms with Gasteiger partial charge in [-0.25, -0.2) is 4.79 Å². The van der Waals surface area contributed by atoms with Gasteiger partial charge in [0.15, 0.2) is 5.96 Å². The van der Waals surface area contributed by atoms with Crippen molar-refractivity contribution in [3.8, 4) is 0 Å². The molecule has 0 heterocycles. The second kappa shape index (κ2) is 12.6. The summed E-state index contributed by atoms with van der Waals surface area (Å²) in [5.74, 6) is 0.802. The van der Waals surface area contributed by atoms with Gasteiger partial charge in [0, 0.05) is 26.7 Å². The van der Waals surface area contributed by atoms with E-state index in [4.69, 9.17) is 4.74 Å².